The Morgan fingerprint density at radius 3 is 2.64 bits per heavy atom. The molecule has 2 aromatic rings. The first-order valence-corrected chi connectivity index (χ1v) is 7.27. The lowest BCUT2D eigenvalue weighted by molar-refractivity contribution is -0.192. The average Bonchev–Trinajstić information content (AvgIpc) is 2.72. The third kappa shape index (κ3) is 3.44. The van der Waals surface area contributed by atoms with E-state index in [1.807, 2.05) is 0 Å². The van der Waals surface area contributed by atoms with E-state index in [-0.39, 0.29) is 0 Å². The number of halogens is 4. The van der Waals surface area contributed by atoms with Gasteiger partial charge in [-0.1, -0.05) is 22.0 Å². The quantitative estimate of drug-likeness (QED) is 0.739. The monoisotopic (exact) mass is 378 g/mol. The Bertz CT molecular complexity index is 710. The minimum Gasteiger partial charge on any atom is -0.475 e. The molecule has 0 spiro atoms. The number of carboxylic acid groups (broad SMARTS) is 1. The second-order valence-electron chi connectivity index (χ2n) is 4.88. The van der Waals surface area contributed by atoms with Crippen molar-refractivity contribution in [3.8, 4) is 0 Å². The van der Waals surface area contributed by atoms with E-state index in [1.165, 1.54) is 22.2 Å². The summed E-state index contributed by atoms with van der Waals surface area (Å²) in [6, 6.07) is 6.54. The molecule has 0 saturated heterocycles. The normalized spacial score (nSPS) is 14.2. The van der Waals surface area contributed by atoms with Crippen LogP contribution in [0.25, 0.3) is 10.9 Å². The van der Waals surface area contributed by atoms with Gasteiger partial charge in [-0.3, -0.25) is 0 Å². The van der Waals surface area contributed by atoms with Crippen molar-refractivity contribution in [3.05, 3.63) is 33.9 Å². The number of carboxylic acids is 1. The van der Waals surface area contributed by atoms with Crippen LogP contribution in [0.1, 0.15) is 11.3 Å². The summed E-state index contributed by atoms with van der Waals surface area (Å²) in [5, 5.41) is 12.0. The molecular formula is C14H14BrF3N2O2. The summed E-state index contributed by atoms with van der Waals surface area (Å²) in [5.74, 6) is -2.76. The van der Waals surface area contributed by atoms with Gasteiger partial charge in [0.25, 0.3) is 0 Å². The van der Waals surface area contributed by atoms with E-state index in [9.17, 15) is 13.2 Å². The van der Waals surface area contributed by atoms with Crippen LogP contribution in [-0.4, -0.2) is 28.4 Å². The third-order valence-electron chi connectivity index (χ3n) is 3.48. The molecule has 1 aromatic carbocycles. The number of alkyl halides is 3. The second kappa shape index (κ2) is 6.29. The molecule has 3 rings (SSSR count). The third-order valence-corrected chi connectivity index (χ3v) is 3.98. The van der Waals surface area contributed by atoms with Gasteiger partial charge in [-0.05, 0) is 17.7 Å². The number of aryl methyl sites for hydroxylation is 1. The number of carbonyl (C=O) groups is 1. The predicted molar refractivity (Wildman–Crippen MR) is 79.7 cm³/mol. The fourth-order valence-electron chi connectivity index (χ4n) is 2.48. The molecule has 2 heterocycles. The largest absolute Gasteiger partial charge is 0.490 e. The Kier molecular flexibility index (Phi) is 4.81. The van der Waals surface area contributed by atoms with Crippen molar-refractivity contribution in [1.29, 1.82) is 0 Å². The molecule has 0 bridgehead atoms. The molecule has 120 valence electrons. The van der Waals surface area contributed by atoms with Gasteiger partial charge in [-0.15, -0.1) is 0 Å². The average molecular weight is 379 g/mol. The molecule has 0 fully saturated rings. The highest BCUT2D eigenvalue weighted by Crippen LogP contribution is 2.29. The molecule has 0 aliphatic carbocycles. The van der Waals surface area contributed by atoms with Gasteiger partial charge in [0.1, 0.15) is 0 Å². The summed E-state index contributed by atoms with van der Waals surface area (Å²) >= 11 is 3.53. The van der Waals surface area contributed by atoms with Crippen LogP contribution in [0, 0.1) is 0 Å². The van der Waals surface area contributed by atoms with E-state index in [0.717, 1.165) is 24.0 Å². The summed E-state index contributed by atoms with van der Waals surface area (Å²) in [4.78, 5) is 8.90. The number of hydrogen-bond donors (Lipinski definition) is 2. The Hall–Kier alpha value is -1.54. The van der Waals surface area contributed by atoms with Crippen molar-refractivity contribution >= 4 is 32.8 Å². The van der Waals surface area contributed by atoms with Crippen LogP contribution in [0.2, 0.25) is 0 Å². The molecule has 8 heteroatoms. The van der Waals surface area contributed by atoms with E-state index in [1.54, 1.807) is 0 Å². The Morgan fingerprint density at radius 1 is 1.41 bits per heavy atom. The Balaban J connectivity index is 0.000000217. The Morgan fingerprint density at radius 2 is 2.05 bits per heavy atom. The highest BCUT2D eigenvalue weighted by molar-refractivity contribution is 9.10. The lowest BCUT2D eigenvalue weighted by atomic mass is 10.1. The fraction of sp³-hybridized carbons (Fsp3) is 0.357. The number of nitrogens with one attached hydrogen (secondary N) is 1. The molecule has 0 atom stereocenters. The number of aromatic nitrogens is 1. The fourth-order valence-corrected chi connectivity index (χ4v) is 2.83. The van der Waals surface area contributed by atoms with Gasteiger partial charge in [0.2, 0.25) is 0 Å². The number of nitrogens with zero attached hydrogens (tertiary/aromatic N) is 1. The van der Waals surface area contributed by atoms with Crippen molar-refractivity contribution in [2.24, 2.45) is 7.05 Å². The van der Waals surface area contributed by atoms with Crippen molar-refractivity contribution in [3.63, 3.8) is 0 Å². The number of aliphatic carboxylic acids is 1. The smallest absolute Gasteiger partial charge is 0.475 e. The van der Waals surface area contributed by atoms with Gasteiger partial charge < -0.3 is 15.0 Å². The van der Waals surface area contributed by atoms with Crippen LogP contribution in [0.5, 0.6) is 0 Å². The van der Waals surface area contributed by atoms with Crippen molar-refractivity contribution in [2.75, 3.05) is 6.54 Å². The molecule has 0 amide bonds. The summed E-state index contributed by atoms with van der Waals surface area (Å²) in [7, 11) is 2.17. The zero-order valence-electron chi connectivity index (χ0n) is 11.7. The predicted octanol–water partition coefficient (Wildman–Crippen LogP) is 3.22. The first kappa shape index (κ1) is 16.8. The standard InChI is InChI=1S/C12H13BrN2.C2HF3O2/c1-15-11-4-5-14-7-10(11)9-3-2-8(13)6-12(9)15;3-2(4,5)1(6)7/h2-3,6,14H,4-5,7H2,1H3;(H,6,7). The van der Waals surface area contributed by atoms with Crippen LogP contribution in [0.15, 0.2) is 22.7 Å². The van der Waals surface area contributed by atoms with Gasteiger partial charge in [0.05, 0.1) is 0 Å². The Labute approximate surface area is 133 Å². The van der Waals surface area contributed by atoms with Crippen LogP contribution < -0.4 is 5.32 Å². The lowest BCUT2D eigenvalue weighted by Crippen LogP contribution is -2.24. The first-order valence-electron chi connectivity index (χ1n) is 6.48. The summed E-state index contributed by atoms with van der Waals surface area (Å²) < 4.78 is 35.2. The summed E-state index contributed by atoms with van der Waals surface area (Å²) in [5.41, 5.74) is 4.30. The van der Waals surface area contributed by atoms with E-state index >= 15 is 0 Å². The minimum atomic E-state index is -5.08. The van der Waals surface area contributed by atoms with E-state index in [4.69, 9.17) is 9.90 Å². The van der Waals surface area contributed by atoms with Gasteiger partial charge in [-0.25, -0.2) is 4.79 Å². The zero-order chi connectivity index (χ0) is 16.5. The van der Waals surface area contributed by atoms with E-state index in [0.29, 0.717) is 0 Å². The zero-order valence-corrected chi connectivity index (χ0v) is 13.3. The molecule has 0 saturated carbocycles. The highest BCUT2D eigenvalue weighted by Gasteiger charge is 2.38. The van der Waals surface area contributed by atoms with Crippen LogP contribution >= 0.6 is 15.9 Å². The molecule has 0 radical (unpaired) electrons. The highest BCUT2D eigenvalue weighted by atomic mass is 79.9. The maximum absolute atomic E-state index is 10.6. The van der Waals surface area contributed by atoms with Crippen molar-refractivity contribution < 1.29 is 23.1 Å². The topological polar surface area (TPSA) is 54.3 Å². The van der Waals surface area contributed by atoms with Crippen LogP contribution in [0.4, 0.5) is 13.2 Å². The SMILES string of the molecule is Cn1c2c(c3ccc(Br)cc31)CNCC2.O=C(O)C(F)(F)F. The maximum Gasteiger partial charge on any atom is 0.490 e. The van der Waals surface area contributed by atoms with Gasteiger partial charge in [0.15, 0.2) is 0 Å². The number of fused-ring (bicyclic) bond motifs is 3. The van der Waals surface area contributed by atoms with Crippen molar-refractivity contribution in [2.45, 2.75) is 19.1 Å². The molecular weight excluding hydrogens is 365 g/mol. The number of rotatable bonds is 0. The minimum absolute atomic E-state index is 1.01. The molecule has 22 heavy (non-hydrogen) atoms. The molecule has 1 aromatic heterocycles. The molecule has 1 aliphatic rings. The molecule has 1 aliphatic heterocycles. The van der Waals surface area contributed by atoms with Gasteiger partial charge in [-0.2, -0.15) is 13.2 Å². The summed E-state index contributed by atoms with van der Waals surface area (Å²) in [6.07, 6.45) is -3.95. The molecule has 0 unspecified atom stereocenters. The lowest BCUT2D eigenvalue weighted by Gasteiger charge is -2.14. The first-order chi connectivity index (χ1) is 10.2. The maximum atomic E-state index is 10.6. The van der Waals surface area contributed by atoms with Gasteiger partial charge in [0, 0.05) is 47.6 Å². The van der Waals surface area contributed by atoms with Gasteiger partial charge >= 0.3 is 12.1 Å². The van der Waals surface area contributed by atoms with E-state index < -0.39 is 12.1 Å². The summed E-state index contributed by atoms with van der Waals surface area (Å²) in [6.45, 7) is 2.10. The molecule has 4 nitrogen and oxygen atoms in total. The number of benzene rings is 1. The van der Waals surface area contributed by atoms with Crippen LogP contribution in [-0.2, 0) is 24.8 Å². The van der Waals surface area contributed by atoms with Crippen molar-refractivity contribution in [1.82, 2.24) is 9.88 Å². The molecule has 2 N–H and O–H groups in total. The number of hydrogen-bond acceptors (Lipinski definition) is 2. The van der Waals surface area contributed by atoms with Crippen LogP contribution in [0.3, 0.4) is 0 Å². The van der Waals surface area contributed by atoms with E-state index in [2.05, 4.69) is 51.1 Å². The second-order valence-corrected chi connectivity index (χ2v) is 5.79.